The molecular weight excluding hydrogens is 351 g/mol. The number of carbonyl (C=O) groups is 2. The third-order valence-corrected chi connectivity index (χ3v) is 4.72. The number of carbonyl (C=O) groups excluding carboxylic acids is 2. The number of likely N-dealkylation sites (tertiary alicyclic amines) is 1. The first-order valence-electron chi connectivity index (χ1n) is 8.40. The first-order chi connectivity index (χ1) is 12.3. The highest BCUT2D eigenvalue weighted by Crippen LogP contribution is 2.35. The molecule has 1 saturated heterocycles. The van der Waals surface area contributed by atoms with E-state index in [-0.39, 0.29) is 32.0 Å². The highest BCUT2D eigenvalue weighted by molar-refractivity contribution is 5.98. The fourth-order valence-electron chi connectivity index (χ4n) is 3.36. The summed E-state index contributed by atoms with van der Waals surface area (Å²) >= 11 is 0. The fourth-order valence-corrected chi connectivity index (χ4v) is 3.36. The van der Waals surface area contributed by atoms with E-state index >= 15 is 0 Å². The molecule has 0 spiro atoms. The Hall–Kier alpha value is -2.29. The lowest BCUT2D eigenvalue weighted by molar-refractivity contribution is -0.187. The van der Waals surface area contributed by atoms with Crippen molar-refractivity contribution >= 4 is 17.5 Å². The molecule has 2 aliphatic heterocycles. The van der Waals surface area contributed by atoms with Crippen LogP contribution in [0.4, 0.5) is 18.9 Å². The van der Waals surface area contributed by atoms with Crippen molar-refractivity contribution < 1.29 is 27.5 Å². The Morgan fingerprint density at radius 1 is 1.23 bits per heavy atom. The van der Waals surface area contributed by atoms with E-state index in [2.05, 4.69) is 0 Å². The zero-order valence-electron chi connectivity index (χ0n) is 14.0. The highest BCUT2D eigenvalue weighted by atomic mass is 19.4. The van der Waals surface area contributed by atoms with Crippen LogP contribution in [0.5, 0.6) is 5.75 Å². The number of ether oxygens (including phenoxy) is 1. The standard InChI is InChI=1S/C17H20F3N3O3/c18-17(19,20)11-4-3-7-22(8-11)10-15(24)23-9-14(16(21)25)26-13-6-2-1-5-12(13)23/h1-2,5-6,11,14H,3-4,7-10H2,(H2,21,25)/t11-,14-/m0/s1. The molecule has 0 radical (unpaired) electrons. The number of amides is 2. The minimum Gasteiger partial charge on any atom is -0.477 e. The second-order valence-electron chi connectivity index (χ2n) is 6.60. The van der Waals surface area contributed by atoms with E-state index in [1.807, 2.05) is 0 Å². The van der Waals surface area contributed by atoms with Crippen LogP contribution in [0, 0.1) is 5.92 Å². The molecule has 0 bridgehead atoms. The SMILES string of the molecule is NC(=O)[C@@H]1CN(C(=O)CN2CCC[C@H](C(F)(F)F)C2)c2ccccc2O1. The van der Waals surface area contributed by atoms with Gasteiger partial charge in [0.25, 0.3) is 5.91 Å². The lowest BCUT2D eigenvalue weighted by atomic mass is 9.97. The molecule has 1 aromatic carbocycles. The Bertz CT molecular complexity index is 695. The van der Waals surface area contributed by atoms with E-state index in [4.69, 9.17) is 10.5 Å². The molecule has 9 heteroatoms. The molecule has 2 atom stereocenters. The molecule has 26 heavy (non-hydrogen) atoms. The average Bonchev–Trinajstić information content (AvgIpc) is 2.60. The van der Waals surface area contributed by atoms with Gasteiger partial charge in [-0.25, -0.2) is 0 Å². The second-order valence-corrected chi connectivity index (χ2v) is 6.60. The number of hydrogen-bond acceptors (Lipinski definition) is 4. The van der Waals surface area contributed by atoms with Gasteiger partial charge in [-0.05, 0) is 31.5 Å². The third kappa shape index (κ3) is 3.92. The number of rotatable bonds is 3. The van der Waals surface area contributed by atoms with Gasteiger partial charge in [-0.1, -0.05) is 12.1 Å². The molecule has 2 aliphatic rings. The zero-order chi connectivity index (χ0) is 18.9. The van der Waals surface area contributed by atoms with Gasteiger partial charge >= 0.3 is 6.18 Å². The van der Waals surface area contributed by atoms with Crippen molar-refractivity contribution in [1.29, 1.82) is 0 Å². The predicted molar refractivity (Wildman–Crippen MR) is 87.6 cm³/mol. The molecule has 0 aliphatic carbocycles. The number of primary amides is 1. The maximum atomic E-state index is 13.0. The monoisotopic (exact) mass is 371 g/mol. The molecule has 2 heterocycles. The predicted octanol–water partition coefficient (Wildman–Crippen LogP) is 1.54. The summed E-state index contributed by atoms with van der Waals surface area (Å²) in [5, 5.41) is 0. The summed E-state index contributed by atoms with van der Waals surface area (Å²) in [6.07, 6.45) is -4.78. The van der Waals surface area contributed by atoms with Gasteiger partial charge in [-0.2, -0.15) is 13.2 Å². The number of alkyl halides is 3. The van der Waals surface area contributed by atoms with Crippen LogP contribution in [0.2, 0.25) is 0 Å². The Morgan fingerprint density at radius 2 is 1.96 bits per heavy atom. The number of nitrogens with two attached hydrogens (primary N) is 1. The second kappa shape index (κ2) is 7.14. The van der Waals surface area contributed by atoms with Crippen LogP contribution in [0.25, 0.3) is 0 Å². The van der Waals surface area contributed by atoms with E-state index in [1.54, 1.807) is 24.3 Å². The van der Waals surface area contributed by atoms with E-state index in [1.165, 1.54) is 9.80 Å². The van der Waals surface area contributed by atoms with Crippen molar-refractivity contribution in [2.45, 2.75) is 25.1 Å². The summed E-state index contributed by atoms with van der Waals surface area (Å²) in [4.78, 5) is 27.1. The lowest BCUT2D eigenvalue weighted by Gasteiger charge is -2.37. The number of halogens is 3. The van der Waals surface area contributed by atoms with E-state index < -0.39 is 24.1 Å². The van der Waals surface area contributed by atoms with Crippen molar-refractivity contribution in [3.8, 4) is 5.75 Å². The summed E-state index contributed by atoms with van der Waals surface area (Å²) in [6, 6.07) is 6.70. The van der Waals surface area contributed by atoms with Gasteiger partial charge in [0.15, 0.2) is 6.10 Å². The Kier molecular flexibility index (Phi) is 5.08. The van der Waals surface area contributed by atoms with Crippen molar-refractivity contribution in [2.75, 3.05) is 31.1 Å². The van der Waals surface area contributed by atoms with E-state index in [9.17, 15) is 22.8 Å². The fraction of sp³-hybridized carbons (Fsp3) is 0.529. The van der Waals surface area contributed by atoms with Gasteiger partial charge < -0.3 is 15.4 Å². The van der Waals surface area contributed by atoms with Crippen LogP contribution < -0.4 is 15.4 Å². The number of benzene rings is 1. The normalized spacial score (nSPS) is 23.9. The van der Waals surface area contributed by atoms with Gasteiger partial charge in [0.1, 0.15) is 5.75 Å². The molecule has 0 unspecified atom stereocenters. The number of para-hydroxylation sites is 2. The molecule has 3 rings (SSSR count). The molecular formula is C17H20F3N3O3. The van der Waals surface area contributed by atoms with Crippen LogP contribution in [0.3, 0.4) is 0 Å². The van der Waals surface area contributed by atoms with Gasteiger partial charge in [0, 0.05) is 6.54 Å². The average molecular weight is 371 g/mol. The molecule has 6 nitrogen and oxygen atoms in total. The van der Waals surface area contributed by atoms with Gasteiger partial charge in [-0.3, -0.25) is 14.5 Å². The molecule has 1 aromatic rings. The Morgan fingerprint density at radius 3 is 2.65 bits per heavy atom. The van der Waals surface area contributed by atoms with Crippen LogP contribution in [-0.4, -0.2) is 55.2 Å². The lowest BCUT2D eigenvalue weighted by Crippen LogP contribution is -2.52. The summed E-state index contributed by atoms with van der Waals surface area (Å²) < 4.78 is 44.4. The number of piperidine rings is 1. The first-order valence-corrected chi connectivity index (χ1v) is 8.40. The minimum absolute atomic E-state index is 0.0538. The minimum atomic E-state index is -4.26. The van der Waals surface area contributed by atoms with Crippen LogP contribution in [0.15, 0.2) is 24.3 Å². The summed E-state index contributed by atoms with van der Waals surface area (Å²) in [7, 11) is 0. The third-order valence-electron chi connectivity index (χ3n) is 4.72. The Balaban J connectivity index is 1.73. The highest BCUT2D eigenvalue weighted by Gasteiger charge is 2.42. The molecule has 1 fully saturated rings. The number of hydrogen-bond donors (Lipinski definition) is 1. The van der Waals surface area contributed by atoms with Gasteiger partial charge in [-0.15, -0.1) is 0 Å². The Labute approximate surface area is 148 Å². The number of anilines is 1. The summed E-state index contributed by atoms with van der Waals surface area (Å²) in [5.41, 5.74) is 5.79. The van der Waals surface area contributed by atoms with Crippen molar-refractivity contribution in [2.24, 2.45) is 11.7 Å². The largest absolute Gasteiger partial charge is 0.477 e. The van der Waals surface area contributed by atoms with Crippen molar-refractivity contribution in [3.63, 3.8) is 0 Å². The van der Waals surface area contributed by atoms with Crippen LogP contribution >= 0.6 is 0 Å². The number of fused-ring (bicyclic) bond motifs is 1. The molecule has 0 aromatic heterocycles. The zero-order valence-corrected chi connectivity index (χ0v) is 14.0. The first kappa shape index (κ1) is 18.5. The van der Waals surface area contributed by atoms with E-state index in [0.29, 0.717) is 24.4 Å². The van der Waals surface area contributed by atoms with Crippen molar-refractivity contribution in [3.05, 3.63) is 24.3 Å². The molecule has 2 N–H and O–H groups in total. The topological polar surface area (TPSA) is 75.9 Å². The quantitative estimate of drug-likeness (QED) is 0.875. The molecule has 142 valence electrons. The maximum absolute atomic E-state index is 13.0. The van der Waals surface area contributed by atoms with Crippen LogP contribution in [0.1, 0.15) is 12.8 Å². The van der Waals surface area contributed by atoms with Crippen molar-refractivity contribution in [1.82, 2.24) is 4.90 Å². The van der Waals surface area contributed by atoms with Crippen LogP contribution in [-0.2, 0) is 9.59 Å². The molecule has 0 saturated carbocycles. The summed E-state index contributed by atoms with van der Waals surface area (Å²) in [6.45, 7) is 0.0398. The van der Waals surface area contributed by atoms with Gasteiger partial charge in [0.05, 0.1) is 24.7 Å². The smallest absolute Gasteiger partial charge is 0.393 e. The number of nitrogens with zero attached hydrogens (tertiary/aromatic N) is 2. The maximum Gasteiger partial charge on any atom is 0.393 e. The molecule has 2 amide bonds. The van der Waals surface area contributed by atoms with Gasteiger partial charge in [0.2, 0.25) is 5.91 Å². The van der Waals surface area contributed by atoms with E-state index in [0.717, 1.165) is 0 Å². The summed E-state index contributed by atoms with van der Waals surface area (Å²) in [5.74, 6) is -2.15.